The Hall–Kier alpha value is -2.36. The number of aryl methyl sites for hydroxylation is 3. The van der Waals surface area contributed by atoms with Crippen molar-refractivity contribution >= 4 is 11.6 Å². The first kappa shape index (κ1) is 14.6. The Kier molecular flexibility index (Phi) is 3.61. The Bertz CT molecular complexity index is 805. The van der Waals surface area contributed by atoms with Crippen LogP contribution in [0.2, 0.25) is 0 Å². The molecule has 4 heteroatoms. The molecule has 1 N–H and O–H groups in total. The summed E-state index contributed by atoms with van der Waals surface area (Å²) in [5, 5.41) is 0. The Morgan fingerprint density at radius 2 is 1.95 bits per heavy atom. The van der Waals surface area contributed by atoms with E-state index in [2.05, 4.69) is 18.0 Å². The molecule has 0 aliphatic carbocycles. The minimum absolute atomic E-state index is 0.206. The van der Waals surface area contributed by atoms with E-state index < -0.39 is 0 Å². The summed E-state index contributed by atoms with van der Waals surface area (Å²) in [7, 11) is 0. The van der Waals surface area contributed by atoms with Gasteiger partial charge in [-0.2, -0.15) is 0 Å². The minimum atomic E-state index is -0.224. The summed E-state index contributed by atoms with van der Waals surface area (Å²) >= 11 is 0. The number of hydrogen-bond acceptors (Lipinski definition) is 2. The lowest BCUT2D eigenvalue weighted by atomic mass is 9.94. The van der Waals surface area contributed by atoms with E-state index in [9.17, 15) is 9.59 Å². The molecule has 4 nitrogen and oxygen atoms in total. The van der Waals surface area contributed by atoms with Gasteiger partial charge in [-0.15, -0.1) is 0 Å². The van der Waals surface area contributed by atoms with Crippen LogP contribution in [0.3, 0.4) is 0 Å². The second kappa shape index (κ2) is 5.44. The lowest BCUT2D eigenvalue weighted by molar-refractivity contribution is 0.0983. The summed E-state index contributed by atoms with van der Waals surface area (Å²) in [6, 6.07) is 5.66. The molecule has 1 aromatic carbocycles. The molecule has 0 saturated heterocycles. The van der Waals surface area contributed by atoms with Crippen LogP contribution in [-0.4, -0.2) is 17.4 Å². The smallest absolute Gasteiger partial charge is 0.263 e. The summed E-state index contributed by atoms with van der Waals surface area (Å²) in [4.78, 5) is 29.6. The Morgan fingerprint density at radius 3 is 2.68 bits per heavy atom. The van der Waals surface area contributed by atoms with Crippen molar-refractivity contribution in [2.75, 3.05) is 11.4 Å². The quantitative estimate of drug-likeness (QED) is 0.879. The second-order valence-electron chi connectivity index (χ2n) is 6.03. The molecular weight excluding hydrogens is 276 g/mol. The zero-order valence-corrected chi connectivity index (χ0v) is 13.2. The van der Waals surface area contributed by atoms with Crippen LogP contribution in [0.25, 0.3) is 0 Å². The van der Waals surface area contributed by atoms with Crippen molar-refractivity contribution < 1.29 is 4.79 Å². The third-order valence-corrected chi connectivity index (χ3v) is 4.23. The van der Waals surface area contributed by atoms with Gasteiger partial charge in [0.25, 0.3) is 5.91 Å². The van der Waals surface area contributed by atoms with Crippen molar-refractivity contribution in [1.82, 2.24) is 4.98 Å². The first-order valence-electron chi connectivity index (χ1n) is 7.58. The van der Waals surface area contributed by atoms with Crippen molar-refractivity contribution in [1.29, 1.82) is 0 Å². The van der Waals surface area contributed by atoms with Crippen LogP contribution >= 0.6 is 0 Å². The number of hydrogen-bond donors (Lipinski definition) is 1. The van der Waals surface area contributed by atoms with Crippen molar-refractivity contribution in [3.63, 3.8) is 0 Å². The van der Waals surface area contributed by atoms with Gasteiger partial charge < -0.3 is 9.88 Å². The summed E-state index contributed by atoms with van der Waals surface area (Å²) in [5.41, 5.74) is 5.25. The number of carbonyl (C=O) groups excluding carboxylic acids is 1. The standard InChI is InChI=1S/C18H20N2O2/c1-11-7-12(2)14-5-4-6-20(16(14)8-11)18(22)15-10-19-13(3)9-17(15)21/h7-10H,4-6H2,1-3H3,(H,19,21). The molecule has 2 aromatic rings. The van der Waals surface area contributed by atoms with E-state index in [1.165, 1.54) is 23.4 Å². The molecule has 1 amide bonds. The van der Waals surface area contributed by atoms with Gasteiger partial charge in [-0.1, -0.05) is 6.07 Å². The van der Waals surface area contributed by atoms with E-state index in [0.717, 1.165) is 29.8 Å². The van der Waals surface area contributed by atoms with Crippen LogP contribution in [0.1, 0.15) is 39.2 Å². The van der Waals surface area contributed by atoms with Gasteiger partial charge >= 0.3 is 0 Å². The van der Waals surface area contributed by atoms with Crippen molar-refractivity contribution in [2.45, 2.75) is 33.6 Å². The van der Waals surface area contributed by atoms with E-state index in [1.807, 2.05) is 13.0 Å². The number of amides is 1. The van der Waals surface area contributed by atoms with Gasteiger partial charge in [0.15, 0.2) is 5.43 Å². The monoisotopic (exact) mass is 296 g/mol. The molecule has 22 heavy (non-hydrogen) atoms. The molecule has 1 aromatic heterocycles. The topological polar surface area (TPSA) is 53.2 Å². The van der Waals surface area contributed by atoms with Gasteiger partial charge in [-0.05, 0) is 56.4 Å². The third-order valence-electron chi connectivity index (χ3n) is 4.23. The number of aromatic nitrogens is 1. The molecular formula is C18H20N2O2. The van der Waals surface area contributed by atoms with E-state index in [0.29, 0.717) is 6.54 Å². The summed E-state index contributed by atoms with van der Waals surface area (Å²) in [6.45, 7) is 6.57. The number of aromatic amines is 1. The number of nitrogens with one attached hydrogen (secondary N) is 1. The molecule has 0 saturated carbocycles. The summed E-state index contributed by atoms with van der Waals surface area (Å²) < 4.78 is 0. The highest BCUT2D eigenvalue weighted by Crippen LogP contribution is 2.31. The molecule has 0 radical (unpaired) electrons. The average molecular weight is 296 g/mol. The van der Waals surface area contributed by atoms with E-state index in [4.69, 9.17) is 0 Å². The Morgan fingerprint density at radius 1 is 1.18 bits per heavy atom. The number of pyridine rings is 1. The predicted molar refractivity (Wildman–Crippen MR) is 87.7 cm³/mol. The SMILES string of the molecule is Cc1cc(C)c2c(c1)N(C(=O)c1c[nH]c(C)cc1=O)CCC2. The molecule has 0 fully saturated rings. The van der Waals surface area contributed by atoms with Crippen LogP contribution < -0.4 is 10.3 Å². The van der Waals surface area contributed by atoms with Gasteiger partial charge in [0.2, 0.25) is 0 Å². The largest absolute Gasteiger partial charge is 0.364 e. The van der Waals surface area contributed by atoms with Crippen LogP contribution in [0.5, 0.6) is 0 Å². The molecule has 0 unspecified atom stereocenters. The van der Waals surface area contributed by atoms with E-state index in [1.54, 1.807) is 11.8 Å². The highest BCUT2D eigenvalue weighted by Gasteiger charge is 2.26. The van der Waals surface area contributed by atoms with Crippen LogP contribution in [0, 0.1) is 20.8 Å². The lowest BCUT2D eigenvalue weighted by Crippen LogP contribution is -2.38. The lowest BCUT2D eigenvalue weighted by Gasteiger charge is -2.31. The van der Waals surface area contributed by atoms with Gasteiger partial charge in [0.05, 0.1) is 0 Å². The number of benzene rings is 1. The van der Waals surface area contributed by atoms with Gasteiger partial charge in [0, 0.05) is 30.2 Å². The first-order chi connectivity index (χ1) is 10.5. The number of H-pyrrole nitrogens is 1. The molecule has 0 atom stereocenters. The molecule has 0 bridgehead atoms. The molecule has 2 heterocycles. The second-order valence-corrected chi connectivity index (χ2v) is 6.03. The fraction of sp³-hybridized carbons (Fsp3) is 0.333. The van der Waals surface area contributed by atoms with Crippen LogP contribution in [0.4, 0.5) is 5.69 Å². The number of nitrogens with zero attached hydrogens (tertiary/aromatic N) is 1. The fourth-order valence-electron chi connectivity index (χ4n) is 3.17. The van der Waals surface area contributed by atoms with Crippen molar-refractivity contribution in [2.24, 2.45) is 0 Å². The summed E-state index contributed by atoms with van der Waals surface area (Å²) in [6.07, 6.45) is 3.43. The maximum Gasteiger partial charge on any atom is 0.263 e. The minimum Gasteiger partial charge on any atom is -0.364 e. The van der Waals surface area contributed by atoms with Gasteiger partial charge in [-0.3, -0.25) is 9.59 Å². The fourth-order valence-corrected chi connectivity index (χ4v) is 3.17. The van der Waals surface area contributed by atoms with E-state index in [-0.39, 0.29) is 16.9 Å². The highest BCUT2D eigenvalue weighted by molar-refractivity contribution is 6.06. The maximum absolute atomic E-state index is 12.8. The summed E-state index contributed by atoms with van der Waals surface area (Å²) in [5.74, 6) is -0.216. The number of carbonyl (C=O) groups is 1. The van der Waals surface area contributed by atoms with Crippen LogP contribution in [0.15, 0.2) is 29.2 Å². The van der Waals surface area contributed by atoms with Crippen LogP contribution in [-0.2, 0) is 6.42 Å². The average Bonchev–Trinajstić information content (AvgIpc) is 2.46. The third kappa shape index (κ3) is 2.45. The number of fused-ring (bicyclic) bond motifs is 1. The molecule has 114 valence electrons. The van der Waals surface area contributed by atoms with E-state index >= 15 is 0 Å². The predicted octanol–water partition coefficient (Wildman–Crippen LogP) is 2.89. The number of anilines is 1. The van der Waals surface area contributed by atoms with Gasteiger partial charge in [0.1, 0.15) is 5.56 Å². The first-order valence-corrected chi connectivity index (χ1v) is 7.58. The Labute approximate surface area is 129 Å². The molecule has 3 rings (SSSR count). The van der Waals surface area contributed by atoms with Crippen molar-refractivity contribution in [3.05, 3.63) is 62.6 Å². The Balaban J connectivity index is 2.07. The number of rotatable bonds is 1. The van der Waals surface area contributed by atoms with Gasteiger partial charge in [-0.25, -0.2) is 0 Å². The molecule has 0 spiro atoms. The zero-order chi connectivity index (χ0) is 15.9. The normalized spacial score (nSPS) is 13.9. The maximum atomic E-state index is 12.8. The zero-order valence-electron chi connectivity index (χ0n) is 13.2. The molecule has 1 aliphatic rings. The van der Waals surface area contributed by atoms with Crippen molar-refractivity contribution in [3.8, 4) is 0 Å². The highest BCUT2D eigenvalue weighted by atomic mass is 16.2. The molecule has 1 aliphatic heterocycles.